The lowest BCUT2D eigenvalue weighted by Gasteiger charge is -2.40. The molecule has 0 saturated carbocycles. The van der Waals surface area contributed by atoms with Gasteiger partial charge in [0.15, 0.2) is 0 Å². The number of aromatic nitrogens is 2. The van der Waals surface area contributed by atoms with Crippen LogP contribution in [-0.4, -0.2) is 51.1 Å². The van der Waals surface area contributed by atoms with Gasteiger partial charge in [0.25, 0.3) is 5.91 Å². The molecule has 1 amide bonds. The van der Waals surface area contributed by atoms with E-state index < -0.39 is 11.9 Å². The molecule has 1 aromatic heterocycles. The van der Waals surface area contributed by atoms with Gasteiger partial charge in [0.2, 0.25) is 0 Å². The number of carbonyl (C=O) groups excluding carboxylic acids is 1. The highest BCUT2D eigenvalue weighted by molar-refractivity contribution is 5.92. The van der Waals surface area contributed by atoms with Crippen molar-refractivity contribution in [2.75, 3.05) is 19.6 Å². The Morgan fingerprint density at radius 1 is 1.58 bits per heavy atom. The average molecular weight is 266 g/mol. The van der Waals surface area contributed by atoms with E-state index in [9.17, 15) is 9.59 Å². The molecule has 2 heterocycles. The number of aliphatic carboxylic acids is 1. The van der Waals surface area contributed by atoms with Crippen LogP contribution in [0.2, 0.25) is 0 Å². The third kappa shape index (κ3) is 2.76. The molecular weight excluding hydrogens is 248 g/mol. The van der Waals surface area contributed by atoms with Gasteiger partial charge in [-0.15, -0.1) is 0 Å². The predicted molar refractivity (Wildman–Crippen MR) is 67.5 cm³/mol. The number of carboxylic acid groups (broad SMARTS) is 1. The maximum atomic E-state index is 12.1. The number of carboxylic acids is 1. The summed E-state index contributed by atoms with van der Waals surface area (Å²) >= 11 is 0. The molecule has 1 atom stereocenters. The fraction of sp³-hybridized carbons (Fsp3) is 0.583. The van der Waals surface area contributed by atoms with Gasteiger partial charge in [0.05, 0.1) is 12.2 Å². The summed E-state index contributed by atoms with van der Waals surface area (Å²) in [5.74, 6) is -1.35. The van der Waals surface area contributed by atoms with Crippen molar-refractivity contribution in [3.8, 4) is 0 Å². The molecule has 1 saturated heterocycles. The Balaban J connectivity index is 1.90. The lowest BCUT2D eigenvalue weighted by Crippen LogP contribution is -2.53. The molecule has 1 aromatic rings. The smallest absolute Gasteiger partial charge is 0.306 e. The van der Waals surface area contributed by atoms with Crippen molar-refractivity contribution < 1.29 is 14.7 Å². The third-order valence-electron chi connectivity index (χ3n) is 3.53. The Hall–Kier alpha value is -1.89. The van der Waals surface area contributed by atoms with E-state index in [4.69, 9.17) is 10.8 Å². The van der Waals surface area contributed by atoms with Crippen LogP contribution in [0.4, 0.5) is 0 Å². The maximum absolute atomic E-state index is 12.1. The Kier molecular flexibility index (Phi) is 3.84. The first-order valence-corrected chi connectivity index (χ1v) is 6.27. The second-order valence-electron chi connectivity index (χ2n) is 4.88. The molecule has 1 fully saturated rings. The lowest BCUT2D eigenvalue weighted by molar-refractivity contribution is -0.144. The summed E-state index contributed by atoms with van der Waals surface area (Å²) in [6, 6.07) is 0. The zero-order valence-corrected chi connectivity index (χ0v) is 10.8. The molecule has 3 N–H and O–H groups in total. The number of carbonyl (C=O) groups is 2. The van der Waals surface area contributed by atoms with Crippen LogP contribution < -0.4 is 5.73 Å². The number of likely N-dealkylation sites (tertiary alicyclic amines) is 1. The number of rotatable bonds is 5. The lowest BCUT2D eigenvalue weighted by atomic mass is 9.87. The van der Waals surface area contributed by atoms with Gasteiger partial charge in [0, 0.05) is 38.3 Å². The quantitative estimate of drug-likeness (QED) is 0.757. The van der Waals surface area contributed by atoms with E-state index in [1.165, 1.54) is 0 Å². The Bertz CT molecular complexity index is 479. The largest absolute Gasteiger partial charge is 0.481 e. The Morgan fingerprint density at radius 3 is 2.84 bits per heavy atom. The number of amides is 1. The molecule has 0 aliphatic carbocycles. The molecule has 0 bridgehead atoms. The second-order valence-corrected chi connectivity index (χ2v) is 4.88. The highest BCUT2D eigenvalue weighted by atomic mass is 16.4. The van der Waals surface area contributed by atoms with Crippen molar-refractivity contribution in [3.63, 3.8) is 0 Å². The van der Waals surface area contributed by atoms with E-state index in [-0.39, 0.29) is 11.8 Å². The SMILES string of the molecule is CC(C(=O)O)C1CN(C(=O)c2cn(CCN)cn2)C1. The predicted octanol–water partition coefficient (Wildman–Crippen LogP) is -0.365. The summed E-state index contributed by atoms with van der Waals surface area (Å²) in [6.45, 7) is 3.75. The number of imidazole rings is 1. The molecular formula is C12H18N4O3. The molecule has 104 valence electrons. The van der Waals surface area contributed by atoms with Gasteiger partial charge in [-0.05, 0) is 0 Å². The van der Waals surface area contributed by atoms with Crippen LogP contribution in [0.5, 0.6) is 0 Å². The summed E-state index contributed by atoms with van der Waals surface area (Å²) in [6.07, 6.45) is 3.25. The Labute approximate surface area is 111 Å². The fourth-order valence-corrected chi connectivity index (χ4v) is 2.10. The van der Waals surface area contributed by atoms with Crippen LogP contribution in [-0.2, 0) is 11.3 Å². The van der Waals surface area contributed by atoms with E-state index in [2.05, 4.69) is 4.98 Å². The minimum absolute atomic E-state index is 0.0348. The van der Waals surface area contributed by atoms with Crippen molar-refractivity contribution in [2.24, 2.45) is 17.6 Å². The van der Waals surface area contributed by atoms with Crippen LogP contribution in [0.15, 0.2) is 12.5 Å². The van der Waals surface area contributed by atoms with Crippen LogP contribution in [0.1, 0.15) is 17.4 Å². The number of nitrogens with zero attached hydrogens (tertiary/aromatic N) is 3. The summed E-state index contributed by atoms with van der Waals surface area (Å²) in [5.41, 5.74) is 5.81. The van der Waals surface area contributed by atoms with Gasteiger partial charge in [-0.1, -0.05) is 6.92 Å². The van der Waals surface area contributed by atoms with Gasteiger partial charge < -0.3 is 20.3 Å². The normalized spacial score (nSPS) is 17.1. The van der Waals surface area contributed by atoms with Gasteiger partial charge >= 0.3 is 5.97 Å². The average Bonchev–Trinajstić information content (AvgIpc) is 2.75. The Morgan fingerprint density at radius 2 is 2.26 bits per heavy atom. The molecule has 7 nitrogen and oxygen atoms in total. The zero-order chi connectivity index (χ0) is 14.0. The fourth-order valence-electron chi connectivity index (χ4n) is 2.10. The minimum Gasteiger partial charge on any atom is -0.481 e. The second kappa shape index (κ2) is 5.40. The molecule has 7 heteroatoms. The minimum atomic E-state index is -0.815. The van der Waals surface area contributed by atoms with Gasteiger partial charge in [-0.25, -0.2) is 4.98 Å². The highest BCUT2D eigenvalue weighted by Gasteiger charge is 2.37. The molecule has 1 unspecified atom stereocenters. The van der Waals surface area contributed by atoms with Crippen LogP contribution in [0, 0.1) is 11.8 Å². The van der Waals surface area contributed by atoms with Crippen LogP contribution >= 0.6 is 0 Å². The summed E-state index contributed by atoms with van der Waals surface area (Å²) in [5, 5.41) is 8.89. The summed E-state index contributed by atoms with van der Waals surface area (Å²) in [4.78, 5) is 28.5. The van der Waals surface area contributed by atoms with Gasteiger partial charge in [0.1, 0.15) is 5.69 Å². The molecule has 0 radical (unpaired) electrons. The monoisotopic (exact) mass is 266 g/mol. The van der Waals surface area contributed by atoms with E-state index in [0.717, 1.165) is 0 Å². The molecule has 1 aliphatic heterocycles. The van der Waals surface area contributed by atoms with E-state index in [0.29, 0.717) is 31.9 Å². The number of hydrogen-bond acceptors (Lipinski definition) is 4. The molecule has 0 spiro atoms. The standard InChI is InChI=1S/C12H18N4O3/c1-8(12(18)19)9-4-16(5-9)11(17)10-6-15(3-2-13)7-14-10/h6-9H,2-5,13H2,1H3,(H,18,19). The van der Waals surface area contributed by atoms with E-state index in [1.807, 2.05) is 0 Å². The first kappa shape index (κ1) is 13.5. The van der Waals surface area contributed by atoms with Crippen LogP contribution in [0.3, 0.4) is 0 Å². The first-order chi connectivity index (χ1) is 9.02. The van der Waals surface area contributed by atoms with Crippen LogP contribution in [0.25, 0.3) is 0 Å². The van der Waals surface area contributed by atoms with Crippen molar-refractivity contribution in [3.05, 3.63) is 18.2 Å². The highest BCUT2D eigenvalue weighted by Crippen LogP contribution is 2.25. The van der Waals surface area contributed by atoms with Crippen molar-refractivity contribution in [2.45, 2.75) is 13.5 Å². The summed E-state index contributed by atoms with van der Waals surface area (Å²) in [7, 11) is 0. The van der Waals surface area contributed by atoms with Crippen molar-refractivity contribution in [1.82, 2.24) is 14.5 Å². The number of hydrogen-bond donors (Lipinski definition) is 2. The molecule has 1 aliphatic rings. The van der Waals surface area contributed by atoms with Gasteiger partial charge in [-0.3, -0.25) is 9.59 Å². The summed E-state index contributed by atoms with van der Waals surface area (Å²) < 4.78 is 1.77. The van der Waals surface area contributed by atoms with Gasteiger partial charge in [-0.2, -0.15) is 0 Å². The first-order valence-electron chi connectivity index (χ1n) is 6.27. The zero-order valence-electron chi connectivity index (χ0n) is 10.8. The molecule has 0 aromatic carbocycles. The number of nitrogens with two attached hydrogens (primary N) is 1. The maximum Gasteiger partial charge on any atom is 0.306 e. The van der Waals surface area contributed by atoms with Crippen molar-refractivity contribution in [1.29, 1.82) is 0 Å². The topological polar surface area (TPSA) is 101 Å². The van der Waals surface area contributed by atoms with E-state index in [1.54, 1.807) is 28.9 Å². The molecule has 19 heavy (non-hydrogen) atoms. The molecule has 2 rings (SSSR count). The van der Waals surface area contributed by atoms with Crippen molar-refractivity contribution >= 4 is 11.9 Å². The third-order valence-corrected chi connectivity index (χ3v) is 3.53. The van der Waals surface area contributed by atoms with E-state index >= 15 is 0 Å².